The Bertz CT molecular complexity index is 1400. The molecule has 9 heteroatoms. The number of sulfonamides is 1. The standard InChI is InChI=1S/C21H16N4O4S/c26-20(23-25-14-22-19-12-5-4-11-18(19)21(25)27)15-7-6-8-16(13-15)24-30(28,29)17-9-2-1-3-10-17/h1-14,24H,(H,23,26). The fraction of sp³-hybridized carbons (Fsp3) is 0. The number of para-hydroxylation sites is 1. The van der Waals surface area contributed by atoms with Gasteiger partial charge in [-0.05, 0) is 42.5 Å². The van der Waals surface area contributed by atoms with Gasteiger partial charge in [-0.25, -0.2) is 18.1 Å². The van der Waals surface area contributed by atoms with Gasteiger partial charge in [0.05, 0.1) is 15.8 Å². The molecule has 0 atom stereocenters. The van der Waals surface area contributed by atoms with Gasteiger partial charge in [-0.1, -0.05) is 36.4 Å². The molecule has 0 saturated heterocycles. The number of nitrogens with one attached hydrogen (secondary N) is 2. The Hall–Kier alpha value is -3.98. The van der Waals surface area contributed by atoms with E-state index in [4.69, 9.17) is 0 Å². The van der Waals surface area contributed by atoms with E-state index in [-0.39, 0.29) is 16.1 Å². The molecule has 0 bridgehead atoms. The maximum Gasteiger partial charge on any atom is 0.280 e. The summed E-state index contributed by atoms with van der Waals surface area (Å²) in [6, 6.07) is 20.6. The van der Waals surface area contributed by atoms with Crippen molar-refractivity contribution in [3.8, 4) is 0 Å². The molecular weight excluding hydrogens is 404 g/mol. The van der Waals surface area contributed by atoms with Crippen molar-refractivity contribution in [2.75, 3.05) is 10.1 Å². The summed E-state index contributed by atoms with van der Waals surface area (Å²) in [7, 11) is -3.79. The summed E-state index contributed by atoms with van der Waals surface area (Å²) >= 11 is 0. The van der Waals surface area contributed by atoms with Crippen molar-refractivity contribution in [3.05, 3.63) is 101 Å². The van der Waals surface area contributed by atoms with Gasteiger partial charge in [0.15, 0.2) is 0 Å². The van der Waals surface area contributed by atoms with Gasteiger partial charge in [0.25, 0.3) is 21.5 Å². The van der Waals surface area contributed by atoms with Crippen molar-refractivity contribution in [1.29, 1.82) is 0 Å². The first kappa shape index (κ1) is 19.3. The van der Waals surface area contributed by atoms with Crippen LogP contribution in [0, 0.1) is 0 Å². The molecule has 4 rings (SSSR count). The second-order valence-electron chi connectivity index (χ2n) is 6.38. The number of carbonyl (C=O) groups is 1. The van der Waals surface area contributed by atoms with Gasteiger partial charge < -0.3 is 0 Å². The summed E-state index contributed by atoms with van der Waals surface area (Å²) in [6.45, 7) is 0. The van der Waals surface area contributed by atoms with E-state index < -0.39 is 21.5 Å². The minimum Gasteiger partial charge on any atom is -0.280 e. The van der Waals surface area contributed by atoms with Crippen LogP contribution in [0.15, 0.2) is 94.9 Å². The van der Waals surface area contributed by atoms with Gasteiger partial charge >= 0.3 is 0 Å². The van der Waals surface area contributed by atoms with E-state index in [1.54, 1.807) is 48.5 Å². The van der Waals surface area contributed by atoms with Crippen molar-refractivity contribution < 1.29 is 13.2 Å². The lowest BCUT2D eigenvalue weighted by Crippen LogP contribution is -2.33. The molecule has 8 nitrogen and oxygen atoms in total. The van der Waals surface area contributed by atoms with Crippen LogP contribution in [0.5, 0.6) is 0 Å². The van der Waals surface area contributed by atoms with Gasteiger partial charge in [-0.2, -0.15) is 0 Å². The fourth-order valence-electron chi connectivity index (χ4n) is 2.86. The Balaban J connectivity index is 1.58. The summed E-state index contributed by atoms with van der Waals surface area (Å²) in [5.74, 6) is -0.588. The average molecular weight is 420 g/mol. The molecule has 1 amide bonds. The van der Waals surface area contributed by atoms with Gasteiger partial charge in [0, 0.05) is 11.3 Å². The molecule has 1 aromatic heterocycles. The summed E-state index contributed by atoms with van der Waals surface area (Å²) in [5.41, 5.74) is 2.95. The van der Waals surface area contributed by atoms with E-state index in [0.717, 1.165) is 4.68 Å². The molecule has 0 aliphatic rings. The summed E-state index contributed by atoms with van der Waals surface area (Å²) < 4.78 is 28.4. The van der Waals surface area contributed by atoms with Crippen LogP contribution >= 0.6 is 0 Å². The topological polar surface area (TPSA) is 110 Å². The molecule has 0 unspecified atom stereocenters. The molecule has 150 valence electrons. The van der Waals surface area contributed by atoms with Gasteiger partial charge in [0.1, 0.15) is 6.33 Å². The molecule has 0 saturated carbocycles. The Morgan fingerprint density at radius 1 is 0.900 bits per heavy atom. The Morgan fingerprint density at radius 3 is 2.43 bits per heavy atom. The maximum atomic E-state index is 12.6. The predicted molar refractivity (Wildman–Crippen MR) is 113 cm³/mol. The molecule has 2 N–H and O–H groups in total. The number of amides is 1. The molecule has 1 heterocycles. The van der Waals surface area contributed by atoms with E-state index in [9.17, 15) is 18.0 Å². The van der Waals surface area contributed by atoms with Gasteiger partial charge in [-0.3, -0.25) is 19.7 Å². The van der Waals surface area contributed by atoms with Crippen molar-refractivity contribution >= 4 is 32.5 Å². The third-order valence-corrected chi connectivity index (χ3v) is 5.72. The minimum absolute atomic E-state index is 0.105. The Morgan fingerprint density at radius 2 is 1.63 bits per heavy atom. The van der Waals surface area contributed by atoms with Crippen LogP contribution in [0.4, 0.5) is 5.69 Å². The van der Waals surface area contributed by atoms with Crippen LogP contribution in [0.1, 0.15) is 10.4 Å². The van der Waals surface area contributed by atoms with Crippen molar-refractivity contribution in [1.82, 2.24) is 9.66 Å². The first-order chi connectivity index (χ1) is 14.4. The maximum absolute atomic E-state index is 12.6. The lowest BCUT2D eigenvalue weighted by molar-refractivity contribution is 0.101. The first-order valence-electron chi connectivity index (χ1n) is 8.90. The molecule has 0 fully saturated rings. The second kappa shape index (κ2) is 7.80. The number of anilines is 1. The third-order valence-electron chi connectivity index (χ3n) is 4.32. The van der Waals surface area contributed by atoms with Gasteiger partial charge in [0.2, 0.25) is 0 Å². The molecule has 3 aromatic carbocycles. The predicted octanol–water partition coefficient (Wildman–Crippen LogP) is 2.58. The molecule has 0 spiro atoms. The van der Waals surface area contributed by atoms with Crippen molar-refractivity contribution in [2.24, 2.45) is 0 Å². The van der Waals surface area contributed by atoms with Crippen molar-refractivity contribution in [2.45, 2.75) is 4.90 Å². The summed E-state index contributed by atoms with van der Waals surface area (Å²) in [6.07, 6.45) is 1.23. The van der Waals surface area contributed by atoms with Crippen LogP contribution in [-0.4, -0.2) is 24.0 Å². The minimum atomic E-state index is -3.79. The Kier molecular flexibility index (Phi) is 5.03. The number of fused-ring (bicyclic) bond motifs is 1. The molecule has 0 aliphatic heterocycles. The van der Waals surface area contributed by atoms with Crippen LogP contribution in [0.3, 0.4) is 0 Å². The van der Waals surface area contributed by atoms with Crippen LogP contribution < -0.4 is 15.7 Å². The summed E-state index contributed by atoms with van der Waals surface area (Å²) in [5, 5.41) is 0.365. The number of nitrogens with zero attached hydrogens (tertiary/aromatic N) is 2. The SMILES string of the molecule is O=C(Nn1cnc2ccccc2c1=O)c1cccc(NS(=O)(=O)c2ccccc2)c1. The molecule has 30 heavy (non-hydrogen) atoms. The lowest BCUT2D eigenvalue weighted by atomic mass is 10.2. The monoisotopic (exact) mass is 420 g/mol. The fourth-order valence-corrected chi connectivity index (χ4v) is 3.93. The first-order valence-corrected chi connectivity index (χ1v) is 10.4. The highest BCUT2D eigenvalue weighted by molar-refractivity contribution is 7.92. The van der Waals surface area contributed by atoms with E-state index in [0.29, 0.717) is 10.9 Å². The number of benzene rings is 3. The highest BCUT2D eigenvalue weighted by Gasteiger charge is 2.15. The zero-order valence-corrected chi connectivity index (χ0v) is 16.3. The normalized spacial score (nSPS) is 11.2. The highest BCUT2D eigenvalue weighted by atomic mass is 32.2. The number of hydrogen-bond donors (Lipinski definition) is 2. The average Bonchev–Trinajstić information content (AvgIpc) is 2.76. The number of rotatable bonds is 5. The quantitative estimate of drug-likeness (QED) is 0.516. The van der Waals surface area contributed by atoms with E-state index in [1.165, 1.54) is 36.7 Å². The zero-order chi connectivity index (χ0) is 21.1. The van der Waals surface area contributed by atoms with Crippen molar-refractivity contribution in [3.63, 3.8) is 0 Å². The van der Waals surface area contributed by atoms with Crippen LogP contribution in [0.25, 0.3) is 10.9 Å². The molecular formula is C21H16N4O4S. The smallest absolute Gasteiger partial charge is 0.280 e. The van der Waals surface area contributed by atoms with Gasteiger partial charge in [-0.15, -0.1) is 0 Å². The van der Waals surface area contributed by atoms with Crippen LogP contribution in [0.2, 0.25) is 0 Å². The number of carbonyl (C=O) groups excluding carboxylic acids is 1. The lowest BCUT2D eigenvalue weighted by Gasteiger charge is -2.11. The highest BCUT2D eigenvalue weighted by Crippen LogP contribution is 2.17. The molecule has 4 aromatic rings. The molecule has 0 aliphatic carbocycles. The third kappa shape index (κ3) is 3.91. The Labute approximate surface area is 171 Å². The second-order valence-corrected chi connectivity index (χ2v) is 8.06. The number of hydrogen-bond acceptors (Lipinski definition) is 5. The van der Waals surface area contributed by atoms with Crippen LogP contribution in [-0.2, 0) is 10.0 Å². The number of aromatic nitrogens is 2. The molecule has 0 radical (unpaired) electrons. The van der Waals surface area contributed by atoms with E-state index in [1.807, 2.05) is 0 Å². The summed E-state index contributed by atoms with van der Waals surface area (Å²) in [4.78, 5) is 29.4. The largest absolute Gasteiger partial charge is 0.280 e. The van der Waals surface area contributed by atoms with E-state index >= 15 is 0 Å². The zero-order valence-electron chi connectivity index (χ0n) is 15.5. The van der Waals surface area contributed by atoms with E-state index in [2.05, 4.69) is 15.1 Å².